The summed E-state index contributed by atoms with van der Waals surface area (Å²) < 4.78 is 0. The van der Waals surface area contributed by atoms with E-state index in [2.05, 4.69) is 16.0 Å². The molecule has 0 radical (unpaired) electrons. The maximum absolute atomic E-state index is 12.7. The number of carbonyl (C=O) groups is 2. The highest BCUT2D eigenvalue weighted by Gasteiger charge is 2.41. The third kappa shape index (κ3) is 4.71. The smallest absolute Gasteiger partial charge is 0.320 e. The molecular formula is C18H27N3O2. The molecule has 1 aromatic carbocycles. The van der Waals surface area contributed by atoms with Crippen molar-refractivity contribution < 1.29 is 9.59 Å². The Hall–Kier alpha value is -2.04. The first-order valence-electron chi connectivity index (χ1n) is 8.51. The number of anilines is 1. The summed E-state index contributed by atoms with van der Waals surface area (Å²) >= 11 is 0. The molecule has 1 saturated carbocycles. The molecule has 0 aromatic heterocycles. The molecule has 5 heteroatoms. The van der Waals surface area contributed by atoms with Gasteiger partial charge in [0, 0.05) is 11.7 Å². The zero-order valence-electron chi connectivity index (χ0n) is 14.0. The Balaban J connectivity index is 2.05. The van der Waals surface area contributed by atoms with Crippen LogP contribution in [0.4, 0.5) is 10.5 Å². The van der Waals surface area contributed by atoms with Crippen molar-refractivity contribution >= 4 is 17.6 Å². The lowest BCUT2D eigenvalue weighted by atomic mass is 9.80. The molecule has 1 aliphatic carbocycles. The van der Waals surface area contributed by atoms with Crippen LogP contribution in [0.1, 0.15) is 52.4 Å². The predicted molar refractivity (Wildman–Crippen MR) is 92.3 cm³/mol. The summed E-state index contributed by atoms with van der Waals surface area (Å²) in [7, 11) is 0. The Bertz CT molecular complexity index is 524. The quantitative estimate of drug-likeness (QED) is 0.778. The maximum Gasteiger partial charge on any atom is 0.320 e. The molecule has 0 heterocycles. The van der Waals surface area contributed by atoms with Gasteiger partial charge in [0.2, 0.25) is 5.91 Å². The van der Waals surface area contributed by atoms with Gasteiger partial charge in [-0.15, -0.1) is 0 Å². The lowest BCUT2D eigenvalue weighted by Crippen LogP contribution is -2.61. The Morgan fingerprint density at radius 3 is 2.39 bits per heavy atom. The van der Waals surface area contributed by atoms with Crippen LogP contribution in [-0.4, -0.2) is 23.5 Å². The van der Waals surface area contributed by atoms with Crippen LogP contribution in [-0.2, 0) is 4.79 Å². The van der Waals surface area contributed by atoms with Gasteiger partial charge in [-0.25, -0.2) is 4.79 Å². The van der Waals surface area contributed by atoms with E-state index < -0.39 is 5.54 Å². The van der Waals surface area contributed by atoms with Gasteiger partial charge in [0.25, 0.3) is 0 Å². The van der Waals surface area contributed by atoms with Crippen LogP contribution in [0, 0.1) is 0 Å². The van der Waals surface area contributed by atoms with Crippen molar-refractivity contribution in [2.24, 2.45) is 0 Å². The molecule has 0 spiro atoms. The molecule has 3 amide bonds. The third-order valence-electron chi connectivity index (χ3n) is 4.52. The number of para-hydroxylation sites is 1. The van der Waals surface area contributed by atoms with Crippen LogP contribution in [0.2, 0.25) is 0 Å². The number of benzene rings is 1. The summed E-state index contributed by atoms with van der Waals surface area (Å²) in [6.07, 6.45) is 5.28. The average molecular weight is 317 g/mol. The van der Waals surface area contributed by atoms with E-state index in [9.17, 15) is 9.59 Å². The zero-order valence-corrected chi connectivity index (χ0v) is 14.0. The van der Waals surface area contributed by atoms with Crippen molar-refractivity contribution in [2.75, 3.05) is 5.32 Å². The van der Waals surface area contributed by atoms with Gasteiger partial charge in [-0.3, -0.25) is 4.79 Å². The number of nitrogens with one attached hydrogen (secondary N) is 3. The SMILES string of the molecule is CC[C@@H](C)NC(=O)C1(NC(=O)Nc2ccccc2)CCCCC1. The first-order chi connectivity index (χ1) is 11.1. The van der Waals surface area contributed by atoms with Crippen LogP contribution < -0.4 is 16.0 Å². The number of urea groups is 1. The van der Waals surface area contributed by atoms with E-state index in [0.717, 1.165) is 31.4 Å². The minimum atomic E-state index is -0.791. The van der Waals surface area contributed by atoms with Crippen LogP contribution in [0.15, 0.2) is 30.3 Å². The summed E-state index contributed by atoms with van der Waals surface area (Å²) in [4.78, 5) is 25.1. The van der Waals surface area contributed by atoms with Crippen molar-refractivity contribution in [1.82, 2.24) is 10.6 Å². The monoisotopic (exact) mass is 317 g/mol. The first-order valence-corrected chi connectivity index (χ1v) is 8.51. The molecule has 1 fully saturated rings. The van der Waals surface area contributed by atoms with Crippen molar-refractivity contribution in [3.63, 3.8) is 0 Å². The standard InChI is InChI=1S/C18H27N3O2/c1-3-14(2)19-16(22)18(12-8-5-9-13-18)21-17(23)20-15-10-6-4-7-11-15/h4,6-7,10-11,14H,3,5,8-9,12-13H2,1-2H3,(H,19,22)(H2,20,21,23)/t14-/m1/s1. The molecule has 1 atom stereocenters. The second-order valence-electron chi connectivity index (χ2n) is 6.37. The molecule has 0 unspecified atom stereocenters. The summed E-state index contributed by atoms with van der Waals surface area (Å²) in [5, 5.41) is 8.78. The number of carbonyl (C=O) groups excluding carboxylic acids is 2. The van der Waals surface area contributed by atoms with Gasteiger partial charge in [-0.2, -0.15) is 0 Å². The lowest BCUT2D eigenvalue weighted by molar-refractivity contribution is -0.129. The maximum atomic E-state index is 12.7. The van der Waals surface area contributed by atoms with Gasteiger partial charge in [0.05, 0.1) is 0 Å². The van der Waals surface area contributed by atoms with Gasteiger partial charge in [0.1, 0.15) is 5.54 Å². The number of amides is 3. The number of rotatable bonds is 5. The Labute approximate surface area is 138 Å². The van der Waals surface area contributed by atoms with Crippen LogP contribution in [0.3, 0.4) is 0 Å². The van der Waals surface area contributed by atoms with E-state index in [-0.39, 0.29) is 18.0 Å². The fourth-order valence-corrected chi connectivity index (χ4v) is 2.93. The van der Waals surface area contributed by atoms with Gasteiger partial charge < -0.3 is 16.0 Å². The molecule has 5 nitrogen and oxygen atoms in total. The molecule has 3 N–H and O–H groups in total. The molecular weight excluding hydrogens is 290 g/mol. The summed E-state index contributed by atoms with van der Waals surface area (Å²) in [6.45, 7) is 4.02. The molecule has 0 saturated heterocycles. The van der Waals surface area contributed by atoms with Gasteiger partial charge in [-0.1, -0.05) is 44.4 Å². The Kier molecular flexibility index (Phi) is 6.02. The highest BCUT2D eigenvalue weighted by atomic mass is 16.2. The minimum Gasteiger partial charge on any atom is -0.352 e. The molecule has 1 aromatic rings. The molecule has 126 valence electrons. The lowest BCUT2D eigenvalue weighted by Gasteiger charge is -2.37. The highest BCUT2D eigenvalue weighted by molar-refractivity contribution is 5.96. The van der Waals surface area contributed by atoms with Crippen molar-refractivity contribution in [2.45, 2.75) is 64.0 Å². The van der Waals surface area contributed by atoms with E-state index in [0.29, 0.717) is 12.8 Å². The molecule has 0 bridgehead atoms. The highest BCUT2D eigenvalue weighted by Crippen LogP contribution is 2.29. The average Bonchev–Trinajstić information content (AvgIpc) is 2.56. The second kappa shape index (κ2) is 7.99. The third-order valence-corrected chi connectivity index (χ3v) is 4.52. The van der Waals surface area contributed by atoms with E-state index in [1.54, 1.807) is 0 Å². The van der Waals surface area contributed by atoms with Crippen LogP contribution in [0.5, 0.6) is 0 Å². The normalized spacial score (nSPS) is 17.8. The topological polar surface area (TPSA) is 70.2 Å². The van der Waals surface area contributed by atoms with Crippen molar-refractivity contribution in [3.8, 4) is 0 Å². The van der Waals surface area contributed by atoms with E-state index >= 15 is 0 Å². The molecule has 1 aliphatic rings. The number of hydrogen-bond acceptors (Lipinski definition) is 2. The Morgan fingerprint density at radius 1 is 1.13 bits per heavy atom. The van der Waals surface area contributed by atoms with Crippen LogP contribution >= 0.6 is 0 Å². The van der Waals surface area contributed by atoms with E-state index in [1.807, 2.05) is 44.2 Å². The summed E-state index contributed by atoms with van der Waals surface area (Å²) in [6, 6.07) is 9.06. The van der Waals surface area contributed by atoms with Crippen molar-refractivity contribution in [1.29, 1.82) is 0 Å². The van der Waals surface area contributed by atoms with E-state index in [1.165, 1.54) is 0 Å². The largest absolute Gasteiger partial charge is 0.352 e. The molecule has 23 heavy (non-hydrogen) atoms. The minimum absolute atomic E-state index is 0.0604. The van der Waals surface area contributed by atoms with E-state index in [4.69, 9.17) is 0 Å². The van der Waals surface area contributed by atoms with Gasteiger partial charge >= 0.3 is 6.03 Å². The molecule has 2 rings (SSSR count). The van der Waals surface area contributed by atoms with Crippen LogP contribution in [0.25, 0.3) is 0 Å². The number of hydrogen-bond donors (Lipinski definition) is 3. The molecule has 0 aliphatic heterocycles. The zero-order chi connectivity index (χ0) is 16.7. The second-order valence-corrected chi connectivity index (χ2v) is 6.37. The van der Waals surface area contributed by atoms with Gasteiger partial charge in [-0.05, 0) is 38.3 Å². The Morgan fingerprint density at radius 2 is 1.78 bits per heavy atom. The fourth-order valence-electron chi connectivity index (χ4n) is 2.93. The van der Waals surface area contributed by atoms with Crippen molar-refractivity contribution in [3.05, 3.63) is 30.3 Å². The predicted octanol–water partition coefficient (Wildman–Crippen LogP) is 3.43. The summed E-state index contributed by atoms with van der Waals surface area (Å²) in [5.74, 6) is -0.0604. The van der Waals surface area contributed by atoms with Gasteiger partial charge in [0.15, 0.2) is 0 Å². The summed E-state index contributed by atoms with van der Waals surface area (Å²) in [5.41, 5.74) is -0.0705. The fraction of sp³-hybridized carbons (Fsp3) is 0.556. The first kappa shape index (κ1) is 17.3.